The molecule has 126 valence electrons. The number of ketones is 2. The number of carboxylic acids is 4. The first-order valence-electron chi connectivity index (χ1n) is 5.82. The monoisotopic (exact) mass is 330 g/mol. The molecule has 0 amide bonds. The fourth-order valence-corrected chi connectivity index (χ4v) is 0.863. The Kier molecular flexibility index (Phi) is 10.9. The molecule has 0 saturated heterocycles. The smallest absolute Gasteiger partial charge is 0.372 e. The second-order valence-electron chi connectivity index (χ2n) is 3.83. The molecule has 0 aromatic heterocycles. The van der Waals surface area contributed by atoms with Crippen LogP contribution < -0.4 is 0 Å². The zero-order chi connectivity index (χ0) is 18.6. The third-order valence-electron chi connectivity index (χ3n) is 1.95. The van der Waals surface area contributed by atoms with Crippen molar-refractivity contribution in [2.75, 3.05) is 0 Å². The molecule has 0 aromatic carbocycles. The van der Waals surface area contributed by atoms with Crippen molar-refractivity contribution in [2.45, 2.75) is 13.3 Å². The van der Waals surface area contributed by atoms with Crippen LogP contribution in [0.4, 0.5) is 0 Å². The van der Waals surface area contributed by atoms with Crippen LogP contribution in [0, 0.1) is 5.92 Å². The fourth-order valence-electron chi connectivity index (χ4n) is 0.863. The van der Waals surface area contributed by atoms with Crippen LogP contribution in [0.3, 0.4) is 0 Å². The first kappa shape index (κ1) is 22.0. The molecule has 0 aliphatic rings. The van der Waals surface area contributed by atoms with Crippen molar-refractivity contribution in [3.63, 3.8) is 0 Å². The Hall–Kier alpha value is -3.30. The first-order chi connectivity index (χ1) is 10.5. The molecule has 0 radical (unpaired) electrons. The number of rotatable bonds is 8. The maximum atomic E-state index is 10.6. The number of aliphatic carboxylic acids is 4. The summed E-state index contributed by atoms with van der Waals surface area (Å²) in [6, 6.07) is 0. The number of hydrogen-bond donors (Lipinski definition) is 4. The third kappa shape index (κ3) is 13.4. The van der Waals surface area contributed by atoms with Gasteiger partial charge in [0.25, 0.3) is 0 Å². The molecule has 23 heavy (non-hydrogen) atoms. The molecule has 0 spiro atoms. The van der Waals surface area contributed by atoms with Gasteiger partial charge in [0.15, 0.2) is 0 Å². The van der Waals surface area contributed by atoms with Crippen molar-refractivity contribution in [1.82, 2.24) is 0 Å². The van der Waals surface area contributed by atoms with E-state index in [0.717, 1.165) is 24.3 Å². The molecule has 0 saturated carbocycles. The number of carbonyl (C=O) groups is 6. The Balaban J connectivity index is 0. The lowest BCUT2D eigenvalue weighted by molar-refractivity contribution is -0.150. The van der Waals surface area contributed by atoms with Gasteiger partial charge < -0.3 is 20.4 Å². The highest BCUT2D eigenvalue weighted by Crippen LogP contribution is 1.98. The summed E-state index contributed by atoms with van der Waals surface area (Å²) in [4.78, 5) is 60.5. The highest BCUT2D eigenvalue weighted by molar-refractivity contribution is 6.34. The molecule has 1 atom stereocenters. The molecule has 0 bridgehead atoms. The first-order valence-corrected chi connectivity index (χ1v) is 5.82. The maximum Gasteiger partial charge on any atom is 0.372 e. The van der Waals surface area contributed by atoms with Crippen LogP contribution >= 0.6 is 0 Å². The van der Waals surface area contributed by atoms with E-state index >= 15 is 0 Å². The van der Waals surface area contributed by atoms with Crippen molar-refractivity contribution in [2.24, 2.45) is 5.92 Å². The zero-order valence-electron chi connectivity index (χ0n) is 11.8. The minimum atomic E-state index is -1.56. The average molecular weight is 330 g/mol. The number of allylic oxidation sites excluding steroid dienone is 2. The van der Waals surface area contributed by atoms with E-state index < -0.39 is 41.4 Å². The summed E-state index contributed by atoms with van der Waals surface area (Å²) in [5, 5.41) is 32.4. The lowest BCUT2D eigenvalue weighted by Crippen LogP contribution is -2.19. The summed E-state index contributed by atoms with van der Waals surface area (Å²) in [6.45, 7) is 1.32. The Morgan fingerprint density at radius 2 is 1.30 bits per heavy atom. The van der Waals surface area contributed by atoms with Crippen molar-refractivity contribution in [3.05, 3.63) is 24.3 Å². The largest absolute Gasteiger partial charge is 0.478 e. The van der Waals surface area contributed by atoms with Gasteiger partial charge in [0.1, 0.15) is 0 Å². The molecule has 10 heteroatoms. The van der Waals surface area contributed by atoms with Crippen LogP contribution in [-0.4, -0.2) is 55.9 Å². The van der Waals surface area contributed by atoms with E-state index in [4.69, 9.17) is 20.4 Å². The van der Waals surface area contributed by atoms with Crippen LogP contribution in [0.1, 0.15) is 13.3 Å². The van der Waals surface area contributed by atoms with Gasteiger partial charge in [-0.15, -0.1) is 0 Å². The van der Waals surface area contributed by atoms with E-state index in [1.54, 1.807) is 0 Å². The van der Waals surface area contributed by atoms with Crippen LogP contribution in [0.15, 0.2) is 24.3 Å². The molecule has 4 N–H and O–H groups in total. The molecule has 0 fully saturated rings. The molecule has 0 rings (SSSR count). The predicted molar refractivity (Wildman–Crippen MR) is 72.6 cm³/mol. The topological polar surface area (TPSA) is 183 Å². The van der Waals surface area contributed by atoms with Crippen molar-refractivity contribution in [3.8, 4) is 0 Å². The van der Waals surface area contributed by atoms with Crippen LogP contribution in [0.25, 0.3) is 0 Å². The van der Waals surface area contributed by atoms with Gasteiger partial charge in [-0.25, -0.2) is 19.2 Å². The van der Waals surface area contributed by atoms with E-state index in [2.05, 4.69) is 0 Å². The zero-order valence-corrected chi connectivity index (χ0v) is 11.8. The summed E-state index contributed by atoms with van der Waals surface area (Å²) >= 11 is 0. The van der Waals surface area contributed by atoms with Gasteiger partial charge in [-0.1, -0.05) is 19.1 Å². The van der Waals surface area contributed by atoms with E-state index in [9.17, 15) is 28.8 Å². The normalized spacial score (nSPS) is 11.3. The lowest BCUT2D eigenvalue weighted by atomic mass is 10.1. The van der Waals surface area contributed by atoms with Gasteiger partial charge in [-0.05, 0) is 0 Å². The van der Waals surface area contributed by atoms with Crippen molar-refractivity contribution in [1.29, 1.82) is 0 Å². The summed E-state index contributed by atoms with van der Waals surface area (Å²) < 4.78 is 0. The fraction of sp³-hybridized carbons (Fsp3) is 0.231. The highest BCUT2D eigenvalue weighted by Gasteiger charge is 2.17. The van der Waals surface area contributed by atoms with Crippen molar-refractivity contribution >= 4 is 35.4 Å². The van der Waals surface area contributed by atoms with Gasteiger partial charge in [0.2, 0.25) is 11.6 Å². The highest BCUT2D eigenvalue weighted by atomic mass is 16.4. The lowest BCUT2D eigenvalue weighted by Gasteiger charge is -1.97. The van der Waals surface area contributed by atoms with Gasteiger partial charge in [-0.2, -0.15) is 0 Å². The Morgan fingerprint density at radius 3 is 1.65 bits per heavy atom. The average Bonchev–Trinajstić information content (AvgIpc) is 2.43. The van der Waals surface area contributed by atoms with E-state index in [1.807, 2.05) is 0 Å². The van der Waals surface area contributed by atoms with Crippen LogP contribution in [0.2, 0.25) is 0 Å². The van der Waals surface area contributed by atoms with E-state index in [1.165, 1.54) is 6.92 Å². The SMILES string of the molecule is CC(/C=C/C(=O)O)C(=O)C(=O)O.O=C(O)/C=C/CC(=O)C(=O)O. The standard InChI is InChI=1S/C7H8O5.C6H6O5/c1-4(2-3-5(8)9)6(10)7(11)12;7-4(6(10)11)2-1-3-5(8)9/h2-4H,1H3,(H,8,9)(H,11,12);1,3H,2H2,(H,8,9)(H,10,11)/b3-2+;3-1+. The second kappa shape index (κ2) is 11.4. The van der Waals surface area contributed by atoms with Crippen molar-refractivity contribution < 1.29 is 49.2 Å². The summed E-state index contributed by atoms with van der Waals surface area (Å²) in [5.74, 6) is -8.48. The molecule has 1 unspecified atom stereocenters. The van der Waals surface area contributed by atoms with Gasteiger partial charge in [-0.3, -0.25) is 9.59 Å². The number of Topliss-reactive ketones (excluding diaryl/α,β-unsaturated/α-hetero) is 2. The minimum absolute atomic E-state index is 0.387. The quantitative estimate of drug-likeness (QED) is 0.337. The predicted octanol–water partition coefficient (Wildman–Crippen LogP) is -0.412. The Labute approximate surface area is 129 Å². The molecule has 10 nitrogen and oxygen atoms in total. The van der Waals surface area contributed by atoms with E-state index in [-0.39, 0.29) is 6.42 Å². The molecular weight excluding hydrogens is 316 g/mol. The number of hydrogen-bond acceptors (Lipinski definition) is 6. The summed E-state index contributed by atoms with van der Waals surface area (Å²) in [6.07, 6.45) is 3.09. The summed E-state index contributed by atoms with van der Waals surface area (Å²) in [7, 11) is 0. The molecule has 0 heterocycles. The number of carboxylic acid groups (broad SMARTS) is 4. The molecular formula is C13H14O10. The summed E-state index contributed by atoms with van der Waals surface area (Å²) in [5.41, 5.74) is 0. The van der Waals surface area contributed by atoms with Gasteiger partial charge in [0, 0.05) is 24.5 Å². The van der Waals surface area contributed by atoms with Crippen LogP contribution in [-0.2, 0) is 28.8 Å². The van der Waals surface area contributed by atoms with Gasteiger partial charge >= 0.3 is 23.9 Å². The third-order valence-corrected chi connectivity index (χ3v) is 1.95. The van der Waals surface area contributed by atoms with Crippen LogP contribution in [0.5, 0.6) is 0 Å². The Bertz CT molecular complexity index is 555. The minimum Gasteiger partial charge on any atom is -0.478 e. The molecule has 0 aliphatic carbocycles. The van der Waals surface area contributed by atoms with E-state index in [0.29, 0.717) is 0 Å². The Morgan fingerprint density at radius 1 is 0.826 bits per heavy atom. The molecule has 0 aromatic rings. The maximum absolute atomic E-state index is 10.6. The molecule has 0 aliphatic heterocycles. The second-order valence-corrected chi connectivity index (χ2v) is 3.83. The number of carbonyl (C=O) groups excluding carboxylic acids is 2. The van der Waals surface area contributed by atoms with Gasteiger partial charge in [0.05, 0.1) is 0 Å².